The highest BCUT2D eigenvalue weighted by Crippen LogP contribution is 2.65. The SMILES string of the molecule is COC(=O)C1(C)CCC2(C)C(CCC3(C)C(=O)CCCC32)C1. The topological polar surface area (TPSA) is 43.4 Å². The maximum atomic E-state index is 12.6. The fraction of sp³-hybridized carbons (Fsp3) is 0.895. The molecule has 3 saturated carbocycles. The first-order valence-corrected chi connectivity index (χ1v) is 8.88. The highest BCUT2D eigenvalue weighted by Gasteiger charge is 2.60. The van der Waals surface area contributed by atoms with Crippen LogP contribution in [0, 0.1) is 28.1 Å². The van der Waals surface area contributed by atoms with Crippen molar-refractivity contribution in [2.45, 2.75) is 72.1 Å². The van der Waals surface area contributed by atoms with Crippen LogP contribution in [-0.4, -0.2) is 18.9 Å². The van der Waals surface area contributed by atoms with Crippen LogP contribution in [0.1, 0.15) is 72.1 Å². The lowest BCUT2D eigenvalue weighted by molar-refractivity contribution is -0.171. The minimum absolute atomic E-state index is 0.0531. The van der Waals surface area contributed by atoms with E-state index in [0.717, 1.165) is 44.9 Å². The zero-order chi connectivity index (χ0) is 16.2. The summed E-state index contributed by atoms with van der Waals surface area (Å²) in [4.78, 5) is 24.8. The van der Waals surface area contributed by atoms with Gasteiger partial charge in [-0.3, -0.25) is 9.59 Å². The van der Waals surface area contributed by atoms with Gasteiger partial charge in [0.05, 0.1) is 12.5 Å². The second-order valence-electron chi connectivity index (χ2n) is 8.78. The molecule has 3 fully saturated rings. The van der Waals surface area contributed by atoms with Crippen LogP contribution in [0.25, 0.3) is 0 Å². The Kier molecular flexibility index (Phi) is 3.69. The van der Waals surface area contributed by atoms with Crippen LogP contribution in [0.15, 0.2) is 0 Å². The number of rotatable bonds is 1. The highest BCUT2D eigenvalue weighted by molar-refractivity contribution is 5.85. The lowest BCUT2D eigenvalue weighted by atomic mass is 9.43. The van der Waals surface area contributed by atoms with Crippen LogP contribution < -0.4 is 0 Å². The zero-order valence-corrected chi connectivity index (χ0v) is 14.5. The molecular weight excluding hydrogens is 276 g/mol. The van der Waals surface area contributed by atoms with Gasteiger partial charge in [-0.15, -0.1) is 0 Å². The zero-order valence-electron chi connectivity index (χ0n) is 14.5. The number of ether oxygens (including phenoxy) is 1. The Bertz CT molecular complexity index is 499. The molecule has 0 radical (unpaired) electrons. The maximum Gasteiger partial charge on any atom is 0.311 e. The largest absolute Gasteiger partial charge is 0.469 e. The van der Waals surface area contributed by atoms with Crippen LogP contribution >= 0.6 is 0 Å². The second-order valence-corrected chi connectivity index (χ2v) is 8.78. The molecule has 0 aliphatic heterocycles. The van der Waals surface area contributed by atoms with Gasteiger partial charge in [0, 0.05) is 11.8 Å². The van der Waals surface area contributed by atoms with Gasteiger partial charge in [-0.25, -0.2) is 0 Å². The third kappa shape index (κ3) is 2.07. The van der Waals surface area contributed by atoms with Gasteiger partial charge >= 0.3 is 5.97 Å². The molecule has 0 heterocycles. The van der Waals surface area contributed by atoms with Crippen molar-refractivity contribution in [2.24, 2.45) is 28.1 Å². The fourth-order valence-corrected chi connectivity index (χ4v) is 6.06. The fourth-order valence-electron chi connectivity index (χ4n) is 6.06. The standard InChI is InChI=1S/C19H30O3/c1-17(16(21)22-4)10-11-18(2)13(12-17)8-9-19(3)14(18)6-5-7-15(19)20/h13-14H,5-12H2,1-4H3. The number of methoxy groups -OCH3 is 1. The van der Waals surface area contributed by atoms with Gasteiger partial charge in [0.25, 0.3) is 0 Å². The van der Waals surface area contributed by atoms with Crippen LogP contribution in [0.3, 0.4) is 0 Å². The average Bonchev–Trinajstić information content (AvgIpc) is 2.49. The number of carbonyl (C=O) groups is 2. The molecule has 3 nitrogen and oxygen atoms in total. The van der Waals surface area contributed by atoms with Crippen molar-refractivity contribution in [2.75, 3.05) is 7.11 Å². The smallest absolute Gasteiger partial charge is 0.311 e. The van der Waals surface area contributed by atoms with E-state index < -0.39 is 0 Å². The molecule has 3 aliphatic carbocycles. The molecule has 0 aromatic heterocycles. The van der Waals surface area contributed by atoms with E-state index in [4.69, 9.17) is 4.74 Å². The summed E-state index contributed by atoms with van der Waals surface area (Å²) in [6.45, 7) is 6.68. The second kappa shape index (κ2) is 5.07. The average molecular weight is 306 g/mol. The van der Waals surface area contributed by atoms with Crippen LogP contribution in [0.2, 0.25) is 0 Å². The van der Waals surface area contributed by atoms with Gasteiger partial charge in [0.15, 0.2) is 0 Å². The summed E-state index contributed by atoms with van der Waals surface area (Å²) < 4.78 is 5.06. The lowest BCUT2D eigenvalue weighted by Crippen LogP contribution is -2.57. The minimum Gasteiger partial charge on any atom is -0.469 e. The van der Waals surface area contributed by atoms with Crippen LogP contribution in [0.4, 0.5) is 0 Å². The van der Waals surface area contributed by atoms with E-state index in [1.165, 1.54) is 13.5 Å². The van der Waals surface area contributed by atoms with E-state index in [0.29, 0.717) is 17.6 Å². The summed E-state index contributed by atoms with van der Waals surface area (Å²) in [5.41, 5.74) is -0.218. The molecule has 0 aromatic carbocycles. The Hall–Kier alpha value is -0.860. The molecule has 3 heteroatoms. The Morgan fingerprint density at radius 3 is 2.55 bits per heavy atom. The van der Waals surface area contributed by atoms with E-state index in [9.17, 15) is 9.59 Å². The molecule has 5 atom stereocenters. The molecule has 0 bridgehead atoms. The number of esters is 1. The van der Waals surface area contributed by atoms with Gasteiger partial charge in [-0.05, 0) is 69.1 Å². The van der Waals surface area contributed by atoms with E-state index in [2.05, 4.69) is 20.8 Å². The number of hydrogen-bond donors (Lipinski definition) is 0. The Morgan fingerprint density at radius 1 is 1.14 bits per heavy atom. The van der Waals surface area contributed by atoms with Gasteiger partial charge in [0.1, 0.15) is 5.78 Å². The Morgan fingerprint density at radius 2 is 1.86 bits per heavy atom. The molecular formula is C19H30O3. The van der Waals surface area contributed by atoms with Crippen molar-refractivity contribution in [1.82, 2.24) is 0 Å². The van der Waals surface area contributed by atoms with E-state index in [1.54, 1.807) is 0 Å². The van der Waals surface area contributed by atoms with Crippen molar-refractivity contribution >= 4 is 11.8 Å². The Labute approximate surface area is 134 Å². The summed E-state index contributed by atoms with van der Waals surface area (Å²) in [6.07, 6.45) is 7.98. The third-order valence-electron chi connectivity index (χ3n) is 7.63. The molecule has 22 heavy (non-hydrogen) atoms. The van der Waals surface area contributed by atoms with Crippen molar-refractivity contribution in [3.63, 3.8) is 0 Å². The van der Waals surface area contributed by atoms with Gasteiger partial charge in [-0.1, -0.05) is 13.8 Å². The van der Waals surface area contributed by atoms with Crippen LogP contribution in [0.5, 0.6) is 0 Å². The molecule has 5 unspecified atom stereocenters. The maximum absolute atomic E-state index is 12.6. The van der Waals surface area contributed by atoms with Gasteiger partial charge < -0.3 is 4.74 Å². The summed E-state index contributed by atoms with van der Waals surface area (Å²) in [5, 5.41) is 0. The molecule has 124 valence electrons. The minimum atomic E-state index is -0.328. The molecule has 3 rings (SSSR count). The van der Waals surface area contributed by atoms with Crippen molar-refractivity contribution in [3.8, 4) is 0 Å². The summed E-state index contributed by atoms with van der Waals surface area (Å²) in [6, 6.07) is 0. The van der Waals surface area contributed by atoms with Crippen molar-refractivity contribution in [1.29, 1.82) is 0 Å². The van der Waals surface area contributed by atoms with Crippen LogP contribution in [-0.2, 0) is 14.3 Å². The molecule has 0 N–H and O–H groups in total. The first-order valence-electron chi connectivity index (χ1n) is 8.88. The van der Waals surface area contributed by atoms with E-state index >= 15 is 0 Å². The molecule has 0 spiro atoms. The van der Waals surface area contributed by atoms with Gasteiger partial charge in [0.2, 0.25) is 0 Å². The van der Waals surface area contributed by atoms with Crippen molar-refractivity contribution in [3.05, 3.63) is 0 Å². The number of hydrogen-bond acceptors (Lipinski definition) is 3. The molecule has 0 amide bonds. The third-order valence-corrected chi connectivity index (χ3v) is 7.63. The first-order chi connectivity index (χ1) is 10.3. The van der Waals surface area contributed by atoms with E-state index in [1.807, 2.05) is 0 Å². The highest BCUT2D eigenvalue weighted by atomic mass is 16.5. The van der Waals surface area contributed by atoms with E-state index in [-0.39, 0.29) is 22.2 Å². The summed E-state index contributed by atoms with van der Waals surface area (Å²) in [5.74, 6) is 1.49. The number of Topliss-reactive ketones (excluding diaryl/α,β-unsaturated/α-hetero) is 1. The number of fused-ring (bicyclic) bond motifs is 3. The normalized spacial score (nSPS) is 48.3. The first kappa shape index (κ1) is 16.0. The monoisotopic (exact) mass is 306 g/mol. The summed E-state index contributed by atoms with van der Waals surface area (Å²) in [7, 11) is 1.50. The molecule has 3 aliphatic rings. The number of ketones is 1. The number of carbonyl (C=O) groups excluding carboxylic acids is 2. The Balaban J connectivity index is 1.89. The molecule has 0 aromatic rings. The van der Waals surface area contributed by atoms with Crippen molar-refractivity contribution < 1.29 is 14.3 Å². The predicted molar refractivity (Wildman–Crippen MR) is 85.3 cm³/mol. The lowest BCUT2D eigenvalue weighted by Gasteiger charge is -2.61. The molecule has 0 saturated heterocycles. The van der Waals surface area contributed by atoms with Gasteiger partial charge in [-0.2, -0.15) is 0 Å². The summed E-state index contributed by atoms with van der Waals surface area (Å²) >= 11 is 0. The quantitative estimate of drug-likeness (QED) is 0.684. The predicted octanol–water partition coefficient (Wildman–Crippen LogP) is 4.14.